The minimum absolute atomic E-state index is 0.0980. The summed E-state index contributed by atoms with van der Waals surface area (Å²) in [5, 5.41) is 7.71. The van der Waals surface area contributed by atoms with Gasteiger partial charge in [0.1, 0.15) is 0 Å². The summed E-state index contributed by atoms with van der Waals surface area (Å²) in [7, 11) is 0. The van der Waals surface area contributed by atoms with Crippen molar-refractivity contribution in [2.75, 3.05) is 19.6 Å². The number of hydrogen-bond donors (Lipinski definition) is 1. The molecule has 1 aliphatic rings. The van der Waals surface area contributed by atoms with Gasteiger partial charge in [-0.15, -0.1) is 0 Å². The number of likely N-dealkylation sites (tertiary alicyclic amines) is 1. The third-order valence-electron chi connectivity index (χ3n) is 5.15. The lowest BCUT2D eigenvalue weighted by Crippen LogP contribution is -2.41. The molecule has 0 radical (unpaired) electrons. The largest absolute Gasteiger partial charge is 0.351 e. The summed E-state index contributed by atoms with van der Waals surface area (Å²) in [5.41, 5.74) is 4.19. The molecular formula is C20H28N4O. The van der Waals surface area contributed by atoms with E-state index >= 15 is 0 Å². The van der Waals surface area contributed by atoms with Crippen LogP contribution >= 0.6 is 0 Å². The summed E-state index contributed by atoms with van der Waals surface area (Å²) in [5.74, 6) is 0.884. The Labute approximate surface area is 150 Å². The van der Waals surface area contributed by atoms with Crippen molar-refractivity contribution in [3.63, 3.8) is 0 Å². The highest BCUT2D eigenvalue weighted by Crippen LogP contribution is 2.18. The lowest BCUT2D eigenvalue weighted by molar-refractivity contribution is -0.122. The van der Waals surface area contributed by atoms with E-state index < -0.39 is 0 Å². The normalized spacial score (nSPS) is 16.1. The molecular weight excluding hydrogens is 312 g/mol. The van der Waals surface area contributed by atoms with Crippen molar-refractivity contribution >= 4 is 5.91 Å². The van der Waals surface area contributed by atoms with E-state index in [0.717, 1.165) is 41.6 Å². The first-order valence-electron chi connectivity index (χ1n) is 9.14. The van der Waals surface area contributed by atoms with Gasteiger partial charge in [0.05, 0.1) is 17.9 Å². The van der Waals surface area contributed by atoms with Gasteiger partial charge in [0.15, 0.2) is 0 Å². The SMILES string of the molecule is Cc1nn(-c2ccccc2)c(C)c1CNC(=O)CN1CCC(C)CC1. The Balaban J connectivity index is 1.60. The summed E-state index contributed by atoms with van der Waals surface area (Å²) < 4.78 is 1.95. The van der Waals surface area contributed by atoms with Gasteiger partial charge in [0, 0.05) is 17.8 Å². The first kappa shape index (κ1) is 17.7. The van der Waals surface area contributed by atoms with Crippen LogP contribution in [0.25, 0.3) is 5.69 Å². The van der Waals surface area contributed by atoms with E-state index in [1.807, 2.05) is 41.9 Å². The van der Waals surface area contributed by atoms with Gasteiger partial charge in [-0.2, -0.15) is 5.10 Å². The second kappa shape index (κ2) is 7.83. The van der Waals surface area contributed by atoms with E-state index in [4.69, 9.17) is 0 Å². The van der Waals surface area contributed by atoms with Crippen LogP contribution in [0.4, 0.5) is 0 Å². The Bertz CT molecular complexity index is 715. The number of aromatic nitrogens is 2. The molecule has 1 aromatic heterocycles. The molecule has 1 aromatic carbocycles. The van der Waals surface area contributed by atoms with Crippen molar-refractivity contribution < 1.29 is 4.79 Å². The van der Waals surface area contributed by atoms with E-state index in [9.17, 15) is 4.79 Å². The summed E-state index contributed by atoms with van der Waals surface area (Å²) in [6.07, 6.45) is 2.38. The number of hydrogen-bond acceptors (Lipinski definition) is 3. The smallest absolute Gasteiger partial charge is 0.234 e. The molecule has 1 N–H and O–H groups in total. The number of para-hydroxylation sites is 1. The molecule has 0 unspecified atom stereocenters. The summed E-state index contributed by atoms with van der Waals surface area (Å²) in [4.78, 5) is 14.5. The van der Waals surface area contributed by atoms with Crippen LogP contribution in [0, 0.1) is 19.8 Å². The Morgan fingerprint density at radius 3 is 2.56 bits per heavy atom. The molecule has 2 aromatic rings. The van der Waals surface area contributed by atoms with Crippen LogP contribution in [0.5, 0.6) is 0 Å². The van der Waals surface area contributed by atoms with Gasteiger partial charge in [0.2, 0.25) is 5.91 Å². The molecule has 134 valence electrons. The summed E-state index contributed by atoms with van der Waals surface area (Å²) >= 11 is 0. The van der Waals surface area contributed by atoms with Gasteiger partial charge in [-0.1, -0.05) is 25.1 Å². The highest BCUT2D eigenvalue weighted by molar-refractivity contribution is 5.78. The van der Waals surface area contributed by atoms with Gasteiger partial charge in [-0.25, -0.2) is 4.68 Å². The van der Waals surface area contributed by atoms with E-state index in [1.165, 1.54) is 12.8 Å². The van der Waals surface area contributed by atoms with E-state index in [0.29, 0.717) is 13.1 Å². The zero-order valence-electron chi connectivity index (χ0n) is 15.5. The monoisotopic (exact) mass is 340 g/mol. The summed E-state index contributed by atoms with van der Waals surface area (Å²) in [6, 6.07) is 10.1. The third-order valence-corrected chi connectivity index (χ3v) is 5.15. The number of benzene rings is 1. The first-order chi connectivity index (χ1) is 12.0. The molecule has 1 fully saturated rings. The molecule has 0 atom stereocenters. The van der Waals surface area contributed by atoms with Crippen LogP contribution in [0.1, 0.15) is 36.7 Å². The van der Waals surface area contributed by atoms with Crippen molar-refractivity contribution in [2.24, 2.45) is 5.92 Å². The average Bonchev–Trinajstić information content (AvgIpc) is 2.90. The number of rotatable bonds is 5. The number of amides is 1. The van der Waals surface area contributed by atoms with Crippen LogP contribution < -0.4 is 5.32 Å². The zero-order chi connectivity index (χ0) is 17.8. The molecule has 25 heavy (non-hydrogen) atoms. The Morgan fingerprint density at radius 1 is 1.20 bits per heavy atom. The van der Waals surface area contributed by atoms with Gasteiger partial charge >= 0.3 is 0 Å². The van der Waals surface area contributed by atoms with Gasteiger partial charge in [-0.3, -0.25) is 9.69 Å². The molecule has 3 rings (SSSR count). The fraction of sp³-hybridized carbons (Fsp3) is 0.500. The maximum atomic E-state index is 12.3. The van der Waals surface area contributed by atoms with E-state index in [-0.39, 0.29) is 5.91 Å². The second-order valence-corrected chi connectivity index (χ2v) is 7.13. The zero-order valence-corrected chi connectivity index (χ0v) is 15.5. The number of carbonyl (C=O) groups excluding carboxylic acids is 1. The Hall–Kier alpha value is -2.14. The highest BCUT2D eigenvalue weighted by atomic mass is 16.2. The van der Waals surface area contributed by atoms with Crippen molar-refractivity contribution in [1.82, 2.24) is 20.0 Å². The Morgan fingerprint density at radius 2 is 1.88 bits per heavy atom. The molecule has 5 heteroatoms. The average molecular weight is 340 g/mol. The number of nitrogens with zero attached hydrogens (tertiary/aromatic N) is 3. The molecule has 5 nitrogen and oxygen atoms in total. The minimum atomic E-state index is 0.0980. The van der Waals surface area contributed by atoms with Crippen LogP contribution in [-0.4, -0.2) is 40.2 Å². The molecule has 1 aliphatic heterocycles. The van der Waals surface area contributed by atoms with Crippen LogP contribution in [0.3, 0.4) is 0 Å². The lowest BCUT2D eigenvalue weighted by atomic mass is 9.99. The summed E-state index contributed by atoms with van der Waals surface area (Å²) in [6.45, 7) is 9.43. The van der Waals surface area contributed by atoms with Gasteiger partial charge < -0.3 is 5.32 Å². The molecule has 0 aliphatic carbocycles. The maximum absolute atomic E-state index is 12.3. The molecule has 0 saturated carbocycles. The first-order valence-corrected chi connectivity index (χ1v) is 9.14. The predicted molar refractivity (Wildman–Crippen MR) is 99.7 cm³/mol. The maximum Gasteiger partial charge on any atom is 0.234 e. The lowest BCUT2D eigenvalue weighted by Gasteiger charge is -2.29. The van der Waals surface area contributed by atoms with Gasteiger partial charge in [0.25, 0.3) is 0 Å². The van der Waals surface area contributed by atoms with Gasteiger partial charge in [-0.05, 0) is 57.8 Å². The van der Waals surface area contributed by atoms with Crippen LogP contribution in [0.2, 0.25) is 0 Å². The Kier molecular flexibility index (Phi) is 5.53. The van der Waals surface area contributed by atoms with Crippen molar-refractivity contribution in [3.05, 3.63) is 47.3 Å². The van der Waals surface area contributed by atoms with Crippen molar-refractivity contribution in [1.29, 1.82) is 0 Å². The molecule has 1 amide bonds. The molecule has 0 spiro atoms. The number of nitrogens with one attached hydrogen (secondary N) is 1. The number of carbonyl (C=O) groups is 1. The van der Waals surface area contributed by atoms with E-state index in [1.54, 1.807) is 0 Å². The minimum Gasteiger partial charge on any atom is -0.351 e. The standard InChI is InChI=1S/C20H28N4O/c1-15-9-11-23(12-10-15)14-20(25)21-13-19-16(2)22-24(17(19)3)18-7-5-4-6-8-18/h4-8,15H,9-14H2,1-3H3,(H,21,25). The quantitative estimate of drug-likeness (QED) is 0.910. The third kappa shape index (κ3) is 4.28. The topological polar surface area (TPSA) is 50.2 Å². The van der Waals surface area contributed by atoms with E-state index in [2.05, 4.69) is 29.2 Å². The molecule has 2 heterocycles. The van der Waals surface area contributed by atoms with Crippen LogP contribution in [-0.2, 0) is 11.3 Å². The fourth-order valence-corrected chi connectivity index (χ4v) is 3.42. The molecule has 0 bridgehead atoms. The highest BCUT2D eigenvalue weighted by Gasteiger charge is 2.18. The van der Waals surface area contributed by atoms with Crippen molar-refractivity contribution in [3.8, 4) is 5.69 Å². The fourth-order valence-electron chi connectivity index (χ4n) is 3.42. The predicted octanol–water partition coefficient (Wildman–Crippen LogP) is 2.84. The van der Waals surface area contributed by atoms with Crippen LogP contribution in [0.15, 0.2) is 30.3 Å². The number of piperidine rings is 1. The van der Waals surface area contributed by atoms with Crippen molar-refractivity contribution in [2.45, 2.75) is 40.2 Å². The second-order valence-electron chi connectivity index (χ2n) is 7.13. The number of aryl methyl sites for hydroxylation is 1. The molecule has 1 saturated heterocycles.